The second-order valence-electron chi connectivity index (χ2n) is 11.3. The molecule has 3 aliphatic rings. The van der Waals surface area contributed by atoms with Gasteiger partial charge in [-0.25, -0.2) is 14.8 Å². The average molecular weight is 736 g/mol. The first kappa shape index (κ1) is 36.7. The molecular formula is C29H30N9NaO7S3. The maximum absolute atomic E-state index is 14.0. The summed E-state index contributed by atoms with van der Waals surface area (Å²) in [5.41, 5.74) is 5.07. The standard InChI is InChI=1S/C29H31N9O7S3.Na/c30-27(45)37(18-10-31-28(36-22(18)40)34-16-4-2-1-3-5-16)20(14-6-8-17(39)9-7-14)23(41)35-19-24(42)38-21(26(43)44)15(11-46-25(19)38)12-47-29-32-13-33-48-29;/h6-10,13,16,19-20,25,39H,1-5,11-12H2,(H2,30,45)(H,35,41)(H,43,44)(H2,31,34,36,40);/q;+1/p-1/t19?,20?,25-;/m1./s1. The number of H-pyrrole nitrogens is 1. The number of urea groups is 1. The van der Waals surface area contributed by atoms with Crippen LogP contribution in [0.25, 0.3) is 0 Å². The van der Waals surface area contributed by atoms with E-state index in [2.05, 4.69) is 30.0 Å². The van der Waals surface area contributed by atoms with Crippen LogP contribution in [0.15, 0.2) is 57.2 Å². The fraction of sp³-hybridized carbons (Fsp3) is 0.379. The van der Waals surface area contributed by atoms with Gasteiger partial charge in [0.2, 0.25) is 11.9 Å². The number of fused-ring (bicyclic) bond motifs is 1. The number of β-lactam (4-membered cyclic amide) rings is 1. The predicted molar refractivity (Wildman–Crippen MR) is 176 cm³/mol. The number of anilines is 2. The molecule has 16 nitrogen and oxygen atoms in total. The molecule has 1 saturated heterocycles. The number of phenols is 1. The van der Waals surface area contributed by atoms with Crippen LogP contribution in [0.1, 0.15) is 43.7 Å². The van der Waals surface area contributed by atoms with Crippen molar-refractivity contribution in [3.05, 3.63) is 64.0 Å². The molecule has 3 atom stereocenters. The summed E-state index contributed by atoms with van der Waals surface area (Å²) < 4.78 is 4.56. The average Bonchev–Trinajstić information content (AvgIpc) is 3.60. The summed E-state index contributed by atoms with van der Waals surface area (Å²) in [6.45, 7) is 0. The Morgan fingerprint density at radius 2 is 1.90 bits per heavy atom. The van der Waals surface area contributed by atoms with Crippen LogP contribution < -0.4 is 61.5 Å². The van der Waals surface area contributed by atoms with Crippen molar-refractivity contribution < 1.29 is 58.9 Å². The number of carbonyl (C=O) groups is 4. The monoisotopic (exact) mass is 735 g/mol. The second kappa shape index (κ2) is 15.9. The fourth-order valence-electron chi connectivity index (χ4n) is 5.92. The normalized spacial score (nSPS) is 19.6. The van der Waals surface area contributed by atoms with Crippen molar-refractivity contribution in [2.24, 2.45) is 5.73 Å². The molecule has 20 heteroatoms. The number of amides is 4. The van der Waals surface area contributed by atoms with Crippen molar-refractivity contribution in [3.8, 4) is 5.75 Å². The van der Waals surface area contributed by atoms with Crippen molar-refractivity contribution in [1.82, 2.24) is 29.5 Å². The van der Waals surface area contributed by atoms with Gasteiger partial charge in [-0.1, -0.05) is 43.2 Å². The third kappa shape index (κ3) is 7.91. The van der Waals surface area contributed by atoms with Gasteiger partial charge in [0.25, 0.3) is 11.5 Å². The molecule has 1 aliphatic carbocycles. The van der Waals surface area contributed by atoms with Gasteiger partial charge in [-0.05, 0) is 47.6 Å². The van der Waals surface area contributed by atoms with Gasteiger partial charge in [-0.3, -0.25) is 29.2 Å². The van der Waals surface area contributed by atoms with Gasteiger partial charge >= 0.3 is 35.6 Å². The molecule has 2 unspecified atom stereocenters. The molecule has 2 aromatic heterocycles. The number of hydrogen-bond donors (Lipinski definition) is 5. The van der Waals surface area contributed by atoms with Crippen LogP contribution in [0.4, 0.5) is 16.4 Å². The summed E-state index contributed by atoms with van der Waals surface area (Å²) in [4.78, 5) is 78.7. The van der Waals surface area contributed by atoms with E-state index in [0.29, 0.717) is 9.91 Å². The Bertz CT molecular complexity index is 1800. The Morgan fingerprint density at radius 1 is 1.16 bits per heavy atom. The van der Waals surface area contributed by atoms with E-state index in [-0.39, 0.29) is 75.8 Å². The molecule has 252 valence electrons. The van der Waals surface area contributed by atoms with Crippen molar-refractivity contribution in [3.63, 3.8) is 0 Å². The van der Waals surface area contributed by atoms with E-state index in [1.165, 1.54) is 54.1 Å². The molecule has 4 heterocycles. The fourth-order valence-corrected chi connectivity index (χ4v) is 8.85. The molecule has 1 saturated carbocycles. The van der Waals surface area contributed by atoms with Crippen LogP contribution in [0.2, 0.25) is 0 Å². The predicted octanol–water partition coefficient (Wildman–Crippen LogP) is -2.10. The Labute approximate surface area is 314 Å². The minimum atomic E-state index is -1.58. The molecule has 2 aliphatic heterocycles. The minimum absolute atomic E-state index is 0. The number of carboxylic acids is 1. The summed E-state index contributed by atoms with van der Waals surface area (Å²) in [6.07, 6.45) is 7.61. The van der Waals surface area contributed by atoms with E-state index < -0.39 is 46.8 Å². The number of nitrogens with zero attached hydrogens (tertiary/aromatic N) is 5. The number of thioether (sulfide) groups is 2. The zero-order chi connectivity index (χ0) is 33.9. The number of benzene rings is 1. The Hall–Kier alpha value is -3.62. The topological polar surface area (TPSA) is 240 Å². The van der Waals surface area contributed by atoms with E-state index >= 15 is 0 Å². The van der Waals surface area contributed by atoms with Gasteiger partial charge in [0, 0.05) is 17.5 Å². The van der Waals surface area contributed by atoms with E-state index in [4.69, 9.17) is 5.73 Å². The van der Waals surface area contributed by atoms with Gasteiger partial charge in [-0.15, -0.1) is 11.8 Å². The van der Waals surface area contributed by atoms with Crippen molar-refractivity contribution in [2.45, 2.75) is 59.9 Å². The van der Waals surface area contributed by atoms with Crippen LogP contribution in [0.3, 0.4) is 0 Å². The van der Waals surface area contributed by atoms with Gasteiger partial charge in [0.1, 0.15) is 35.2 Å². The maximum Gasteiger partial charge on any atom is 1.00 e. The third-order valence-corrected chi connectivity index (χ3v) is 11.4. The Kier molecular flexibility index (Phi) is 11.9. The molecule has 6 rings (SSSR count). The number of nitrogens with one attached hydrogen (secondary N) is 3. The Morgan fingerprint density at radius 3 is 2.53 bits per heavy atom. The molecular weight excluding hydrogens is 706 g/mol. The molecule has 0 radical (unpaired) electrons. The number of carbonyl (C=O) groups excluding carboxylic acids is 4. The minimum Gasteiger partial charge on any atom is -0.543 e. The summed E-state index contributed by atoms with van der Waals surface area (Å²) in [7, 11) is 0. The van der Waals surface area contributed by atoms with Crippen molar-refractivity contribution in [1.29, 1.82) is 0 Å². The number of aromatic hydroxyl groups is 1. The molecule has 0 spiro atoms. The van der Waals surface area contributed by atoms with Crippen molar-refractivity contribution >= 4 is 70.5 Å². The first-order valence-corrected chi connectivity index (χ1v) is 17.7. The van der Waals surface area contributed by atoms with Gasteiger partial charge in [0.05, 0.1) is 17.9 Å². The van der Waals surface area contributed by atoms with E-state index in [0.717, 1.165) is 59.6 Å². The number of nitrogens with two attached hydrogens (primary N) is 1. The number of aromatic nitrogens is 4. The largest absolute Gasteiger partial charge is 1.00 e. The smallest absolute Gasteiger partial charge is 0.543 e. The number of hydrogen-bond acceptors (Lipinski definition) is 14. The first-order valence-electron chi connectivity index (χ1n) is 14.9. The maximum atomic E-state index is 14.0. The van der Waals surface area contributed by atoms with Crippen LogP contribution in [0.5, 0.6) is 5.75 Å². The molecule has 3 aromatic rings. The van der Waals surface area contributed by atoms with E-state index in [1.807, 2.05) is 0 Å². The van der Waals surface area contributed by atoms with E-state index in [1.54, 1.807) is 0 Å². The first-order chi connectivity index (χ1) is 23.1. The number of carboxylic acid groups (broad SMARTS) is 1. The van der Waals surface area contributed by atoms with Gasteiger partial charge in [-0.2, -0.15) is 4.37 Å². The van der Waals surface area contributed by atoms with Crippen LogP contribution in [-0.4, -0.2) is 82.1 Å². The Balaban J connectivity index is 0.00000468. The molecule has 49 heavy (non-hydrogen) atoms. The summed E-state index contributed by atoms with van der Waals surface area (Å²) in [6, 6.07) is 1.57. The number of rotatable bonds is 11. The van der Waals surface area contributed by atoms with Gasteiger partial charge in [0.15, 0.2) is 4.34 Å². The number of phenolic OH excluding ortho intramolecular Hbond substituents is 1. The summed E-state index contributed by atoms with van der Waals surface area (Å²) in [5, 5.41) is 27.1. The number of aromatic amines is 1. The van der Waals surface area contributed by atoms with Crippen molar-refractivity contribution in [2.75, 3.05) is 21.7 Å². The molecule has 4 amide bonds. The van der Waals surface area contributed by atoms with Crippen LogP contribution >= 0.6 is 35.1 Å². The van der Waals surface area contributed by atoms with E-state index in [9.17, 15) is 34.2 Å². The zero-order valence-corrected chi connectivity index (χ0v) is 30.6. The number of primary amides is 1. The van der Waals surface area contributed by atoms with Crippen LogP contribution in [0, 0.1) is 0 Å². The molecule has 1 aromatic carbocycles. The third-order valence-electron chi connectivity index (χ3n) is 8.19. The number of aliphatic carboxylic acids is 1. The zero-order valence-electron chi connectivity index (χ0n) is 26.2. The SMILES string of the molecule is NC(=O)N(c1cnc(NC2CCCCC2)[nH]c1=O)C(C(=O)NC1C(=O)N2C(C(=O)[O-])=C(CSc3ncns3)CS[C@H]12)c1ccc(O)cc1.[Na+]. The quantitative estimate of drug-likeness (QED) is 0.0807. The summed E-state index contributed by atoms with van der Waals surface area (Å²) >= 11 is 3.70. The van der Waals surface area contributed by atoms with Gasteiger partial charge < -0.3 is 31.4 Å². The summed E-state index contributed by atoms with van der Waals surface area (Å²) in [5.74, 6) is -2.52. The molecule has 0 bridgehead atoms. The second-order valence-corrected chi connectivity index (χ2v) is 14.4. The molecule has 2 fully saturated rings. The molecule has 6 N–H and O–H groups in total. The van der Waals surface area contributed by atoms with Crippen LogP contribution in [-0.2, 0) is 14.4 Å².